The van der Waals surface area contributed by atoms with E-state index in [1.165, 1.54) is 0 Å². The van der Waals surface area contributed by atoms with Crippen LogP contribution in [0.15, 0.2) is 30.3 Å². The quantitative estimate of drug-likeness (QED) is 0.644. The largest absolute Gasteiger partial charge is 0.480 e. The minimum Gasteiger partial charge on any atom is -0.480 e. The molecule has 1 rings (SSSR count). The van der Waals surface area contributed by atoms with Gasteiger partial charge in [0.05, 0.1) is 0 Å². The lowest BCUT2D eigenvalue weighted by atomic mass is 10.0. The molecule has 0 spiro atoms. The summed E-state index contributed by atoms with van der Waals surface area (Å²) in [6.45, 7) is 2.40. The Morgan fingerprint density at radius 2 is 1.95 bits per heavy atom. The molecule has 1 amide bonds. The highest BCUT2D eigenvalue weighted by Crippen LogP contribution is 2.08. The first-order valence-electron chi connectivity index (χ1n) is 7.33. The molecule has 4 N–H and O–H groups in total. The Bertz CT molecular complexity index is 444. The van der Waals surface area contributed by atoms with Crippen molar-refractivity contribution < 1.29 is 14.7 Å². The summed E-state index contributed by atoms with van der Waals surface area (Å²) in [4.78, 5) is 23.1. The predicted molar refractivity (Wildman–Crippen MR) is 81.8 cm³/mol. The van der Waals surface area contributed by atoms with Gasteiger partial charge in [-0.2, -0.15) is 0 Å². The van der Waals surface area contributed by atoms with E-state index in [1.807, 2.05) is 37.3 Å². The van der Waals surface area contributed by atoms with Gasteiger partial charge in [0.1, 0.15) is 6.04 Å². The van der Waals surface area contributed by atoms with Crippen LogP contribution in [0, 0.1) is 5.92 Å². The van der Waals surface area contributed by atoms with Crippen molar-refractivity contribution in [3.63, 3.8) is 0 Å². The van der Waals surface area contributed by atoms with Gasteiger partial charge in [-0.15, -0.1) is 0 Å². The zero-order chi connectivity index (χ0) is 15.7. The first-order valence-corrected chi connectivity index (χ1v) is 7.33. The van der Waals surface area contributed by atoms with Gasteiger partial charge in [-0.25, -0.2) is 4.79 Å². The van der Waals surface area contributed by atoms with Crippen molar-refractivity contribution in [1.29, 1.82) is 0 Å². The van der Waals surface area contributed by atoms with Crippen LogP contribution < -0.4 is 11.1 Å². The summed E-state index contributed by atoms with van der Waals surface area (Å²) in [5.74, 6) is -1.14. The number of hydrogen-bond donors (Lipinski definition) is 3. The molecule has 0 fully saturated rings. The van der Waals surface area contributed by atoms with Gasteiger partial charge < -0.3 is 16.2 Å². The van der Waals surface area contributed by atoms with E-state index in [-0.39, 0.29) is 18.2 Å². The monoisotopic (exact) mass is 292 g/mol. The molecule has 5 heteroatoms. The van der Waals surface area contributed by atoms with Crippen molar-refractivity contribution in [2.75, 3.05) is 6.54 Å². The molecule has 2 atom stereocenters. The molecule has 21 heavy (non-hydrogen) atoms. The smallest absolute Gasteiger partial charge is 0.326 e. The van der Waals surface area contributed by atoms with Crippen LogP contribution in [0.1, 0.15) is 31.7 Å². The number of amides is 1. The Kier molecular flexibility index (Phi) is 7.46. The topological polar surface area (TPSA) is 92.4 Å². The summed E-state index contributed by atoms with van der Waals surface area (Å²) in [7, 11) is 0. The second-order valence-electron chi connectivity index (χ2n) is 5.20. The third-order valence-corrected chi connectivity index (χ3v) is 3.58. The van der Waals surface area contributed by atoms with Crippen LogP contribution in [-0.4, -0.2) is 29.6 Å². The minimum absolute atomic E-state index is 0.105. The van der Waals surface area contributed by atoms with E-state index in [1.54, 1.807) is 0 Å². The average Bonchev–Trinajstić information content (AvgIpc) is 2.49. The summed E-state index contributed by atoms with van der Waals surface area (Å²) >= 11 is 0. The number of aryl methyl sites for hydroxylation is 1. The van der Waals surface area contributed by atoms with Crippen molar-refractivity contribution in [2.24, 2.45) is 11.7 Å². The molecule has 1 aromatic rings. The number of benzene rings is 1. The summed E-state index contributed by atoms with van der Waals surface area (Å²) in [6.07, 6.45) is 2.09. The van der Waals surface area contributed by atoms with E-state index in [0.717, 1.165) is 12.0 Å². The van der Waals surface area contributed by atoms with Gasteiger partial charge in [0, 0.05) is 6.42 Å². The second-order valence-corrected chi connectivity index (χ2v) is 5.20. The molecular weight excluding hydrogens is 268 g/mol. The van der Waals surface area contributed by atoms with E-state index in [2.05, 4.69) is 5.32 Å². The molecule has 0 bridgehead atoms. The van der Waals surface area contributed by atoms with Crippen LogP contribution in [0.25, 0.3) is 0 Å². The van der Waals surface area contributed by atoms with E-state index in [0.29, 0.717) is 19.4 Å². The zero-order valence-corrected chi connectivity index (χ0v) is 12.4. The van der Waals surface area contributed by atoms with Crippen LogP contribution >= 0.6 is 0 Å². The fourth-order valence-corrected chi connectivity index (χ4v) is 2.12. The number of hydrogen-bond acceptors (Lipinski definition) is 3. The zero-order valence-electron chi connectivity index (χ0n) is 12.4. The first-order chi connectivity index (χ1) is 10.1. The molecule has 2 unspecified atom stereocenters. The third kappa shape index (κ3) is 6.40. The summed E-state index contributed by atoms with van der Waals surface area (Å²) < 4.78 is 0. The van der Waals surface area contributed by atoms with Crippen LogP contribution in [-0.2, 0) is 16.0 Å². The fraction of sp³-hybridized carbons (Fsp3) is 0.500. The molecule has 116 valence electrons. The number of nitrogens with one attached hydrogen (secondary N) is 1. The highest BCUT2D eigenvalue weighted by molar-refractivity contribution is 5.83. The van der Waals surface area contributed by atoms with E-state index < -0.39 is 12.0 Å². The highest BCUT2D eigenvalue weighted by atomic mass is 16.4. The molecule has 0 radical (unpaired) electrons. The van der Waals surface area contributed by atoms with Crippen molar-refractivity contribution >= 4 is 11.9 Å². The molecule has 5 nitrogen and oxygen atoms in total. The molecule has 1 aromatic carbocycles. The van der Waals surface area contributed by atoms with Gasteiger partial charge >= 0.3 is 5.97 Å². The van der Waals surface area contributed by atoms with Crippen LogP contribution in [0.3, 0.4) is 0 Å². The molecule has 0 aliphatic heterocycles. The number of aliphatic carboxylic acids is 1. The maximum atomic E-state index is 11.9. The van der Waals surface area contributed by atoms with Gasteiger partial charge in [-0.3, -0.25) is 4.79 Å². The summed E-state index contributed by atoms with van der Waals surface area (Å²) in [5, 5.41) is 11.8. The summed E-state index contributed by atoms with van der Waals surface area (Å²) in [6, 6.07) is 8.78. The van der Waals surface area contributed by atoms with Gasteiger partial charge in [-0.1, -0.05) is 43.7 Å². The van der Waals surface area contributed by atoms with Crippen LogP contribution in [0.4, 0.5) is 0 Å². The standard InChI is InChI=1S/C16H24N2O3/c1-2-12(11-17)10-15(19)18-14(16(20)21)9-8-13-6-4-3-5-7-13/h3-7,12,14H,2,8-11,17H2,1H3,(H,18,19)(H,20,21). The highest BCUT2D eigenvalue weighted by Gasteiger charge is 2.21. The lowest BCUT2D eigenvalue weighted by molar-refractivity contribution is -0.142. The van der Waals surface area contributed by atoms with Gasteiger partial charge in [-0.05, 0) is 30.9 Å². The number of carboxylic acids is 1. The first kappa shape index (κ1) is 17.2. The van der Waals surface area contributed by atoms with Crippen LogP contribution in [0.5, 0.6) is 0 Å². The number of rotatable bonds is 9. The number of nitrogens with two attached hydrogens (primary N) is 1. The molecular formula is C16H24N2O3. The van der Waals surface area contributed by atoms with E-state index in [4.69, 9.17) is 5.73 Å². The van der Waals surface area contributed by atoms with Crippen molar-refractivity contribution in [2.45, 2.75) is 38.6 Å². The van der Waals surface area contributed by atoms with E-state index in [9.17, 15) is 14.7 Å². The number of carbonyl (C=O) groups is 2. The third-order valence-electron chi connectivity index (χ3n) is 3.58. The molecule has 0 aliphatic rings. The molecule has 0 saturated heterocycles. The van der Waals surface area contributed by atoms with Crippen LogP contribution in [0.2, 0.25) is 0 Å². The van der Waals surface area contributed by atoms with Gasteiger partial charge in [0.15, 0.2) is 0 Å². The Morgan fingerprint density at radius 1 is 1.29 bits per heavy atom. The molecule has 0 aliphatic carbocycles. The lowest BCUT2D eigenvalue weighted by Crippen LogP contribution is -2.42. The normalized spacial score (nSPS) is 13.4. The van der Waals surface area contributed by atoms with Crippen molar-refractivity contribution in [3.05, 3.63) is 35.9 Å². The second kappa shape index (κ2) is 9.13. The van der Waals surface area contributed by atoms with Crippen molar-refractivity contribution in [1.82, 2.24) is 5.32 Å². The Balaban J connectivity index is 2.50. The molecule has 0 saturated carbocycles. The Hall–Kier alpha value is -1.88. The maximum Gasteiger partial charge on any atom is 0.326 e. The Morgan fingerprint density at radius 3 is 2.48 bits per heavy atom. The minimum atomic E-state index is -1.000. The summed E-state index contributed by atoms with van der Waals surface area (Å²) in [5.41, 5.74) is 6.62. The number of carbonyl (C=O) groups excluding carboxylic acids is 1. The molecule has 0 aromatic heterocycles. The molecule has 0 heterocycles. The SMILES string of the molecule is CCC(CN)CC(=O)NC(CCc1ccccc1)C(=O)O. The van der Waals surface area contributed by atoms with Crippen molar-refractivity contribution in [3.8, 4) is 0 Å². The predicted octanol–water partition coefficient (Wildman–Crippen LogP) is 1.56. The maximum absolute atomic E-state index is 11.9. The fourth-order valence-electron chi connectivity index (χ4n) is 2.12. The van der Waals surface area contributed by atoms with E-state index >= 15 is 0 Å². The Labute approximate surface area is 125 Å². The number of carboxylic acid groups (broad SMARTS) is 1. The van der Waals surface area contributed by atoms with Gasteiger partial charge in [0.2, 0.25) is 5.91 Å². The average molecular weight is 292 g/mol. The van der Waals surface area contributed by atoms with Gasteiger partial charge in [0.25, 0.3) is 0 Å². The lowest BCUT2D eigenvalue weighted by Gasteiger charge is -2.17.